The van der Waals surface area contributed by atoms with Gasteiger partial charge in [0.05, 0.1) is 12.8 Å². The van der Waals surface area contributed by atoms with Crippen LogP contribution in [0.2, 0.25) is 0 Å². The van der Waals surface area contributed by atoms with Crippen molar-refractivity contribution in [1.29, 1.82) is 0 Å². The second kappa shape index (κ2) is 9.73. The minimum absolute atomic E-state index is 0.00274. The highest BCUT2D eigenvalue weighted by molar-refractivity contribution is 7.13. The Morgan fingerprint density at radius 2 is 1.91 bits per heavy atom. The number of halogens is 1. The van der Waals surface area contributed by atoms with E-state index in [2.05, 4.69) is 20.8 Å². The van der Waals surface area contributed by atoms with Gasteiger partial charge in [0.1, 0.15) is 16.6 Å². The fourth-order valence-electron chi connectivity index (χ4n) is 3.51. The predicted octanol–water partition coefficient (Wildman–Crippen LogP) is 4.35. The average Bonchev–Trinajstić information content (AvgIpc) is 3.32. The first-order valence-electron chi connectivity index (χ1n) is 10.1. The number of anilines is 2. The molecule has 1 aliphatic rings. The first-order valence-corrected chi connectivity index (χ1v) is 10.9. The minimum Gasteiger partial charge on any atom is -0.495 e. The van der Waals surface area contributed by atoms with Crippen LogP contribution in [0.3, 0.4) is 0 Å². The van der Waals surface area contributed by atoms with Crippen LogP contribution in [0.5, 0.6) is 5.75 Å². The Labute approximate surface area is 188 Å². The number of para-hydroxylation sites is 2. The highest BCUT2D eigenvalue weighted by atomic mass is 32.1. The van der Waals surface area contributed by atoms with Gasteiger partial charge in [-0.05, 0) is 49.2 Å². The van der Waals surface area contributed by atoms with Crippen LogP contribution in [0.25, 0.3) is 0 Å². The summed E-state index contributed by atoms with van der Waals surface area (Å²) < 4.78 is 18.3. The standard InChI is InChI=1S/C22H22FN5O3S/c1-31-18-7-3-2-6-17(18)25-22(30)28-12-4-5-14(13-28)20-26-27-21(32-20)19(29)24-16-10-8-15(23)9-11-16/h2-3,6-11,14H,4-5,12-13H2,1H3,(H,24,29)(H,25,30)/t14-/m0/s1. The van der Waals surface area contributed by atoms with Gasteiger partial charge >= 0.3 is 6.03 Å². The molecule has 1 aromatic heterocycles. The van der Waals surface area contributed by atoms with E-state index in [9.17, 15) is 14.0 Å². The average molecular weight is 456 g/mol. The van der Waals surface area contributed by atoms with Crippen molar-refractivity contribution in [1.82, 2.24) is 15.1 Å². The summed E-state index contributed by atoms with van der Waals surface area (Å²) in [6.07, 6.45) is 1.67. The zero-order chi connectivity index (χ0) is 22.5. The number of aromatic nitrogens is 2. The normalized spacial score (nSPS) is 15.8. The van der Waals surface area contributed by atoms with Crippen molar-refractivity contribution in [2.75, 3.05) is 30.8 Å². The molecule has 1 aliphatic heterocycles. The Bertz CT molecular complexity index is 1100. The number of methoxy groups -OCH3 is 1. The van der Waals surface area contributed by atoms with E-state index in [0.717, 1.165) is 12.8 Å². The molecule has 166 valence electrons. The van der Waals surface area contributed by atoms with Crippen molar-refractivity contribution in [3.8, 4) is 5.75 Å². The fraction of sp³-hybridized carbons (Fsp3) is 0.273. The van der Waals surface area contributed by atoms with Crippen molar-refractivity contribution in [3.05, 3.63) is 64.4 Å². The number of carbonyl (C=O) groups excluding carboxylic acids is 2. The van der Waals surface area contributed by atoms with E-state index in [0.29, 0.717) is 35.2 Å². The summed E-state index contributed by atoms with van der Waals surface area (Å²) in [6.45, 7) is 1.11. The van der Waals surface area contributed by atoms with Gasteiger partial charge in [0.15, 0.2) is 0 Å². The maximum atomic E-state index is 13.0. The van der Waals surface area contributed by atoms with E-state index in [-0.39, 0.29) is 22.8 Å². The van der Waals surface area contributed by atoms with Crippen molar-refractivity contribution >= 4 is 34.6 Å². The number of ether oxygens (including phenoxy) is 1. The third-order valence-electron chi connectivity index (χ3n) is 5.14. The second-order valence-electron chi connectivity index (χ2n) is 7.32. The molecular formula is C22H22FN5O3S. The molecule has 0 unspecified atom stereocenters. The zero-order valence-electron chi connectivity index (χ0n) is 17.4. The summed E-state index contributed by atoms with van der Waals surface area (Å²) in [4.78, 5) is 27.0. The van der Waals surface area contributed by atoms with Crippen molar-refractivity contribution in [2.45, 2.75) is 18.8 Å². The highest BCUT2D eigenvalue weighted by Crippen LogP contribution is 2.30. The van der Waals surface area contributed by atoms with Gasteiger partial charge in [0.2, 0.25) is 5.01 Å². The van der Waals surface area contributed by atoms with E-state index >= 15 is 0 Å². The van der Waals surface area contributed by atoms with Crippen LogP contribution in [0.4, 0.5) is 20.6 Å². The maximum Gasteiger partial charge on any atom is 0.321 e. The number of rotatable bonds is 5. The Hall–Kier alpha value is -3.53. The van der Waals surface area contributed by atoms with Crippen LogP contribution in [0.1, 0.15) is 33.6 Å². The lowest BCUT2D eigenvalue weighted by atomic mass is 9.99. The Morgan fingerprint density at radius 1 is 1.12 bits per heavy atom. The lowest BCUT2D eigenvalue weighted by Crippen LogP contribution is -2.41. The summed E-state index contributed by atoms with van der Waals surface area (Å²) >= 11 is 1.21. The van der Waals surface area contributed by atoms with Gasteiger partial charge in [-0.3, -0.25) is 4.79 Å². The van der Waals surface area contributed by atoms with Crippen LogP contribution in [0.15, 0.2) is 48.5 Å². The number of likely N-dealkylation sites (tertiary alicyclic amines) is 1. The SMILES string of the molecule is COc1ccccc1NC(=O)N1CCC[C@H](c2nnc(C(=O)Nc3ccc(F)cc3)s2)C1. The molecule has 8 nitrogen and oxygen atoms in total. The third-order valence-corrected chi connectivity index (χ3v) is 6.23. The molecule has 1 fully saturated rings. The summed E-state index contributed by atoms with van der Waals surface area (Å²) in [5, 5.41) is 14.7. The molecule has 2 aromatic carbocycles. The first kappa shape index (κ1) is 21.7. The molecule has 0 radical (unpaired) electrons. The summed E-state index contributed by atoms with van der Waals surface area (Å²) in [5.74, 6) is -0.188. The van der Waals surface area contributed by atoms with E-state index < -0.39 is 5.91 Å². The molecular weight excluding hydrogens is 433 g/mol. The molecule has 1 saturated heterocycles. The maximum absolute atomic E-state index is 13.0. The number of urea groups is 1. The smallest absolute Gasteiger partial charge is 0.321 e. The topological polar surface area (TPSA) is 96.4 Å². The molecule has 10 heteroatoms. The van der Waals surface area contributed by atoms with Gasteiger partial charge in [-0.2, -0.15) is 0 Å². The largest absolute Gasteiger partial charge is 0.495 e. The number of amides is 3. The summed E-state index contributed by atoms with van der Waals surface area (Å²) in [5.41, 5.74) is 1.09. The number of nitrogens with one attached hydrogen (secondary N) is 2. The number of nitrogens with zero attached hydrogens (tertiary/aromatic N) is 3. The number of hydrogen-bond acceptors (Lipinski definition) is 6. The molecule has 2 N–H and O–H groups in total. The molecule has 2 heterocycles. The lowest BCUT2D eigenvalue weighted by molar-refractivity contribution is 0.102. The van der Waals surface area contributed by atoms with Gasteiger partial charge < -0.3 is 20.3 Å². The van der Waals surface area contributed by atoms with E-state index in [1.807, 2.05) is 12.1 Å². The molecule has 0 saturated carbocycles. The van der Waals surface area contributed by atoms with Crippen LogP contribution in [-0.4, -0.2) is 47.2 Å². The van der Waals surface area contributed by atoms with Crippen molar-refractivity contribution in [3.63, 3.8) is 0 Å². The Morgan fingerprint density at radius 3 is 2.69 bits per heavy atom. The molecule has 3 aromatic rings. The number of benzene rings is 2. The van der Waals surface area contributed by atoms with Crippen LogP contribution >= 0.6 is 11.3 Å². The van der Waals surface area contributed by atoms with Gasteiger partial charge in [0.25, 0.3) is 5.91 Å². The van der Waals surface area contributed by atoms with Gasteiger partial charge in [-0.1, -0.05) is 23.5 Å². The molecule has 32 heavy (non-hydrogen) atoms. The van der Waals surface area contributed by atoms with Crippen molar-refractivity contribution < 1.29 is 18.7 Å². The Balaban J connectivity index is 1.39. The van der Waals surface area contributed by atoms with Crippen molar-refractivity contribution in [2.24, 2.45) is 0 Å². The Kier molecular flexibility index (Phi) is 6.60. The lowest BCUT2D eigenvalue weighted by Gasteiger charge is -2.31. The molecule has 0 bridgehead atoms. The fourth-order valence-corrected chi connectivity index (χ4v) is 4.38. The zero-order valence-corrected chi connectivity index (χ0v) is 18.2. The highest BCUT2D eigenvalue weighted by Gasteiger charge is 2.28. The van der Waals surface area contributed by atoms with Gasteiger partial charge in [-0.15, -0.1) is 10.2 Å². The monoisotopic (exact) mass is 455 g/mol. The summed E-state index contributed by atoms with van der Waals surface area (Å²) in [6, 6.07) is 12.5. The predicted molar refractivity (Wildman–Crippen MR) is 120 cm³/mol. The third kappa shape index (κ3) is 5.02. The molecule has 1 atom stereocenters. The first-order chi connectivity index (χ1) is 15.5. The number of carbonyl (C=O) groups is 2. The number of hydrogen-bond donors (Lipinski definition) is 2. The molecule has 0 spiro atoms. The summed E-state index contributed by atoms with van der Waals surface area (Å²) in [7, 11) is 1.56. The minimum atomic E-state index is -0.401. The molecule has 3 amide bonds. The second-order valence-corrected chi connectivity index (χ2v) is 8.33. The van der Waals surface area contributed by atoms with E-state index in [1.165, 1.54) is 35.6 Å². The van der Waals surface area contributed by atoms with E-state index in [1.54, 1.807) is 24.1 Å². The van der Waals surface area contributed by atoms with Gasteiger partial charge in [-0.25, -0.2) is 9.18 Å². The molecule has 0 aliphatic carbocycles. The van der Waals surface area contributed by atoms with Gasteiger partial charge in [0, 0.05) is 24.7 Å². The number of piperidine rings is 1. The van der Waals surface area contributed by atoms with E-state index in [4.69, 9.17) is 4.74 Å². The molecule has 4 rings (SSSR count). The van der Waals surface area contributed by atoms with Crippen LogP contribution in [-0.2, 0) is 0 Å². The quantitative estimate of drug-likeness (QED) is 0.596. The van der Waals surface area contributed by atoms with Crippen LogP contribution < -0.4 is 15.4 Å². The van der Waals surface area contributed by atoms with Crippen LogP contribution in [0, 0.1) is 5.82 Å².